The fourth-order valence-corrected chi connectivity index (χ4v) is 5.81. The number of rotatable bonds is 8. The van der Waals surface area contributed by atoms with Crippen LogP contribution in [0.4, 0.5) is 0 Å². The highest BCUT2D eigenvalue weighted by molar-refractivity contribution is 9.10. The molecule has 3 aromatic rings. The van der Waals surface area contributed by atoms with Crippen molar-refractivity contribution in [1.29, 1.82) is 0 Å². The van der Waals surface area contributed by atoms with E-state index >= 15 is 0 Å². The number of fused-ring (bicyclic) bond motifs is 1. The molecule has 0 unspecified atom stereocenters. The van der Waals surface area contributed by atoms with E-state index in [1.54, 1.807) is 25.7 Å². The molecule has 194 valence electrons. The number of benzene rings is 2. The predicted octanol–water partition coefficient (Wildman–Crippen LogP) is 4.67. The van der Waals surface area contributed by atoms with E-state index in [4.69, 9.17) is 19.2 Å². The molecular formula is C28H29BrN2O5S. The molecule has 0 saturated carbocycles. The van der Waals surface area contributed by atoms with Crippen LogP contribution in [-0.4, -0.2) is 31.4 Å². The number of hydrogen-bond donors (Lipinski definition) is 0. The molecule has 0 bridgehead atoms. The van der Waals surface area contributed by atoms with Crippen LogP contribution in [0.1, 0.15) is 49.4 Å². The summed E-state index contributed by atoms with van der Waals surface area (Å²) in [5.74, 6) is 0.818. The van der Waals surface area contributed by atoms with Crippen LogP contribution < -0.4 is 24.4 Å². The summed E-state index contributed by atoms with van der Waals surface area (Å²) in [5, 5.41) is 0. The van der Waals surface area contributed by atoms with Crippen molar-refractivity contribution in [2.24, 2.45) is 4.99 Å². The van der Waals surface area contributed by atoms with Crippen LogP contribution in [0.5, 0.6) is 11.5 Å². The standard InChI is InChI=1S/C28H29BrN2O5S/c1-6-8-20-24(27(33)36-7-2)25(19-15-18(29)11-12-21(19)34-4)31-26(32)23(37-28(31)30-20)14-17-10-9-16(3)22(13-17)35-5/h9-15,25H,6-8H2,1-5H3/b23-14+/t25-/m0/s1. The van der Waals surface area contributed by atoms with Gasteiger partial charge in [-0.15, -0.1) is 0 Å². The maximum atomic E-state index is 13.9. The van der Waals surface area contributed by atoms with E-state index in [9.17, 15) is 9.59 Å². The number of ether oxygens (including phenoxy) is 3. The van der Waals surface area contributed by atoms with Gasteiger partial charge in [0.05, 0.1) is 36.6 Å². The quantitative estimate of drug-likeness (QED) is 0.360. The molecule has 0 spiro atoms. The number of carbonyl (C=O) groups is 1. The molecule has 1 aromatic heterocycles. The van der Waals surface area contributed by atoms with Crippen molar-refractivity contribution >= 4 is 39.3 Å². The van der Waals surface area contributed by atoms with Crippen molar-refractivity contribution in [2.75, 3.05) is 20.8 Å². The summed E-state index contributed by atoms with van der Waals surface area (Å²) in [6, 6.07) is 10.6. The molecule has 7 nitrogen and oxygen atoms in total. The minimum Gasteiger partial charge on any atom is -0.496 e. The van der Waals surface area contributed by atoms with E-state index < -0.39 is 12.0 Å². The molecule has 0 saturated heterocycles. The smallest absolute Gasteiger partial charge is 0.338 e. The number of esters is 1. The van der Waals surface area contributed by atoms with Gasteiger partial charge in [-0.2, -0.15) is 0 Å². The third-order valence-electron chi connectivity index (χ3n) is 6.11. The Morgan fingerprint density at radius 3 is 2.57 bits per heavy atom. The molecule has 0 amide bonds. The van der Waals surface area contributed by atoms with Crippen molar-refractivity contribution < 1.29 is 19.0 Å². The third-order valence-corrected chi connectivity index (χ3v) is 7.58. The molecule has 0 aliphatic carbocycles. The first-order chi connectivity index (χ1) is 17.8. The van der Waals surface area contributed by atoms with Gasteiger partial charge < -0.3 is 14.2 Å². The van der Waals surface area contributed by atoms with Crippen LogP contribution in [0, 0.1) is 6.92 Å². The lowest BCUT2D eigenvalue weighted by molar-refractivity contribution is -0.139. The van der Waals surface area contributed by atoms with Crippen molar-refractivity contribution in [3.8, 4) is 11.5 Å². The number of nitrogens with zero attached hydrogens (tertiary/aromatic N) is 2. The van der Waals surface area contributed by atoms with E-state index in [0.29, 0.717) is 38.3 Å². The Morgan fingerprint density at radius 1 is 1.14 bits per heavy atom. The number of aromatic nitrogens is 1. The highest BCUT2D eigenvalue weighted by atomic mass is 79.9. The normalized spacial score (nSPS) is 15.3. The molecule has 0 radical (unpaired) electrons. The maximum Gasteiger partial charge on any atom is 0.338 e. The Balaban J connectivity index is 2.04. The van der Waals surface area contributed by atoms with Crippen LogP contribution in [0.3, 0.4) is 0 Å². The van der Waals surface area contributed by atoms with Crippen LogP contribution in [-0.2, 0) is 9.53 Å². The van der Waals surface area contributed by atoms with Crippen LogP contribution in [0.25, 0.3) is 6.08 Å². The molecule has 9 heteroatoms. The summed E-state index contributed by atoms with van der Waals surface area (Å²) in [5.41, 5.74) is 3.25. The molecule has 37 heavy (non-hydrogen) atoms. The summed E-state index contributed by atoms with van der Waals surface area (Å²) in [6.45, 7) is 5.97. The zero-order valence-corrected chi connectivity index (χ0v) is 23.9. The SMILES string of the molecule is CCCC1=C(C(=O)OCC)[C@H](c2cc(Br)ccc2OC)n2c(s/c(=C/c3ccc(C)c(OC)c3)c2=O)=N1. The predicted molar refractivity (Wildman–Crippen MR) is 148 cm³/mol. The lowest BCUT2D eigenvalue weighted by atomic mass is 9.93. The largest absolute Gasteiger partial charge is 0.496 e. The van der Waals surface area contributed by atoms with Crippen molar-refractivity contribution in [3.05, 3.63) is 88.5 Å². The first-order valence-electron chi connectivity index (χ1n) is 12.0. The molecule has 2 heterocycles. The van der Waals surface area contributed by atoms with Crippen molar-refractivity contribution in [1.82, 2.24) is 4.57 Å². The molecule has 4 rings (SSSR count). The number of halogens is 1. The summed E-state index contributed by atoms with van der Waals surface area (Å²) >= 11 is 4.83. The Bertz CT molecular complexity index is 1550. The number of aryl methyl sites for hydroxylation is 1. The minimum atomic E-state index is -0.751. The summed E-state index contributed by atoms with van der Waals surface area (Å²) in [7, 11) is 3.19. The number of hydrogen-bond acceptors (Lipinski definition) is 7. The minimum absolute atomic E-state index is 0.212. The molecule has 1 aliphatic rings. The van der Waals surface area contributed by atoms with Gasteiger partial charge in [0.25, 0.3) is 5.56 Å². The zero-order valence-electron chi connectivity index (χ0n) is 21.5. The van der Waals surface area contributed by atoms with E-state index in [0.717, 1.165) is 27.8 Å². The van der Waals surface area contributed by atoms with Gasteiger partial charge in [-0.25, -0.2) is 9.79 Å². The molecular weight excluding hydrogens is 556 g/mol. The van der Waals surface area contributed by atoms with Crippen LogP contribution >= 0.6 is 27.3 Å². The van der Waals surface area contributed by atoms with Gasteiger partial charge in [-0.05, 0) is 61.7 Å². The van der Waals surface area contributed by atoms with Crippen LogP contribution in [0.15, 0.2) is 61.9 Å². The van der Waals surface area contributed by atoms with Crippen LogP contribution in [0.2, 0.25) is 0 Å². The van der Waals surface area contributed by atoms with Gasteiger partial charge in [0.2, 0.25) is 0 Å². The average molecular weight is 586 g/mol. The lowest BCUT2D eigenvalue weighted by Crippen LogP contribution is -2.40. The fourth-order valence-electron chi connectivity index (χ4n) is 4.41. The van der Waals surface area contributed by atoms with Gasteiger partial charge in [0.1, 0.15) is 17.5 Å². The van der Waals surface area contributed by atoms with Gasteiger partial charge >= 0.3 is 5.97 Å². The molecule has 0 fully saturated rings. The Labute approximate surface area is 227 Å². The summed E-state index contributed by atoms with van der Waals surface area (Å²) in [6.07, 6.45) is 3.18. The highest BCUT2D eigenvalue weighted by Crippen LogP contribution is 2.38. The summed E-state index contributed by atoms with van der Waals surface area (Å²) in [4.78, 5) is 32.6. The molecule has 1 atom stereocenters. The van der Waals surface area contributed by atoms with Gasteiger partial charge in [0.15, 0.2) is 4.80 Å². The molecule has 2 aromatic carbocycles. The van der Waals surface area contributed by atoms with Gasteiger partial charge in [-0.3, -0.25) is 9.36 Å². The summed E-state index contributed by atoms with van der Waals surface area (Å²) < 4.78 is 19.5. The second-order valence-electron chi connectivity index (χ2n) is 8.53. The molecule has 0 N–H and O–H groups in total. The van der Waals surface area contributed by atoms with Gasteiger partial charge in [-0.1, -0.05) is 52.7 Å². The number of methoxy groups -OCH3 is 2. The third kappa shape index (κ3) is 5.29. The molecule has 1 aliphatic heterocycles. The van der Waals surface area contributed by atoms with E-state index in [-0.39, 0.29) is 12.2 Å². The zero-order chi connectivity index (χ0) is 26.7. The Morgan fingerprint density at radius 2 is 1.89 bits per heavy atom. The van der Waals surface area contributed by atoms with E-state index in [1.807, 2.05) is 56.3 Å². The Kier molecular flexibility index (Phi) is 8.34. The first kappa shape index (κ1) is 26.9. The van der Waals surface area contributed by atoms with Crippen molar-refractivity contribution in [2.45, 2.75) is 39.7 Å². The van der Waals surface area contributed by atoms with E-state index in [1.165, 1.54) is 11.3 Å². The second-order valence-corrected chi connectivity index (χ2v) is 10.5. The topological polar surface area (TPSA) is 79.1 Å². The number of allylic oxidation sites excluding steroid dienone is 1. The lowest BCUT2D eigenvalue weighted by Gasteiger charge is -2.27. The van der Waals surface area contributed by atoms with Gasteiger partial charge in [0, 0.05) is 10.0 Å². The average Bonchev–Trinajstić information content (AvgIpc) is 3.19. The van der Waals surface area contributed by atoms with Crippen molar-refractivity contribution in [3.63, 3.8) is 0 Å². The maximum absolute atomic E-state index is 13.9. The fraction of sp³-hybridized carbons (Fsp3) is 0.321. The van der Waals surface area contributed by atoms with E-state index in [2.05, 4.69) is 15.9 Å². The highest BCUT2D eigenvalue weighted by Gasteiger charge is 2.36. The monoisotopic (exact) mass is 584 g/mol. The Hall–Kier alpha value is -3.17. The number of thiazole rings is 1. The second kappa shape index (κ2) is 11.5. The first-order valence-corrected chi connectivity index (χ1v) is 13.6. The number of carbonyl (C=O) groups excluding carboxylic acids is 1.